The minimum atomic E-state index is -0.390. The Morgan fingerprint density at radius 1 is 0.955 bits per heavy atom. The molecular formula is C34H22N4O3S3. The monoisotopic (exact) mass is 630 g/mol. The first kappa shape index (κ1) is 28.1. The highest BCUT2D eigenvalue weighted by atomic mass is 32.2. The molecule has 7 rings (SSSR count). The highest BCUT2D eigenvalue weighted by Crippen LogP contribution is 2.38. The van der Waals surface area contributed by atoms with Crippen molar-refractivity contribution in [2.24, 2.45) is 4.99 Å². The smallest absolute Gasteiger partial charge is 0.283 e. The van der Waals surface area contributed by atoms with E-state index in [1.165, 1.54) is 57.6 Å². The quantitative estimate of drug-likeness (QED) is 0.0516. The zero-order valence-electron chi connectivity index (χ0n) is 23.0. The third kappa shape index (κ3) is 5.92. The van der Waals surface area contributed by atoms with E-state index in [0.29, 0.717) is 32.5 Å². The van der Waals surface area contributed by atoms with Gasteiger partial charge in [0, 0.05) is 24.0 Å². The lowest BCUT2D eigenvalue weighted by molar-refractivity contribution is -0.387. The topological polar surface area (TPSA) is 98.3 Å². The molecule has 0 spiro atoms. The number of pyridine rings is 1. The molecule has 0 atom stereocenters. The number of benzene rings is 4. The highest BCUT2D eigenvalue weighted by Gasteiger charge is 2.20. The van der Waals surface area contributed by atoms with E-state index in [9.17, 15) is 14.9 Å². The molecule has 2 aromatic heterocycles. The summed E-state index contributed by atoms with van der Waals surface area (Å²) in [6.07, 6.45) is 4.18. The molecule has 0 saturated heterocycles. The maximum absolute atomic E-state index is 13.1. The molecule has 0 radical (unpaired) electrons. The van der Waals surface area contributed by atoms with Crippen LogP contribution in [0.3, 0.4) is 0 Å². The first-order chi connectivity index (χ1) is 21.5. The van der Waals surface area contributed by atoms with Crippen molar-refractivity contribution in [3.05, 3.63) is 136 Å². The third-order valence-corrected chi connectivity index (χ3v) is 10.4. The van der Waals surface area contributed by atoms with Crippen molar-refractivity contribution in [2.75, 3.05) is 5.75 Å². The van der Waals surface area contributed by atoms with Gasteiger partial charge in [0.15, 0.2) is 10.1 Å². The van der Waals surface area contributed by atoms with Gasteiger partial charge in [-0.1, -0.05) is 72.1 Å². The fourth-order valence-electron chi connectivity index (χ4n) is 5.05. The number of ketones is 1. The Hall–Kier alpha value is -4.64. The van der Waals surface area contributed by atoms with Crippen molar-refractivity contribution in [3.63, 3.8) is 0 Å². The van der Waals surface area contributed by atoms with Gasteiger partial charge in [-0.15, -0.1) is 11.3 Å². The van der Waals surface area contributed by atoms with Crippen LogP contribution in [0.2, 0.25) is 0 Å². The summed E-state index contributed by atoms with van der Waals surface area (Å²) in [5, 5.41) is 12.4. The van der Waals surface area contributed by atoms with Crippen LogP contribution in [0.25, 0.3) is 21.3 Å². The maximum Gasteiger partial charge on any atom is 0.283 e. The second kappa shape index (κ2) is 12.2. The number of carbonyl (C=O) groups excluding carboxylic acids is 1. The Morgan fingerprint density at radius 3 is 2.68 bits per heavy atom. The van der Waals surface area contributed by atoms with Crippen LogP contribution in [0.5, 0.6) is 0 Å². The molecule has 10 heteroatoms. The maximum atomic E-state index is 13.1. The van der Waals surface area contributed by atoms with Crippen molar-refractivity contribution in [3.8, 4) is 11.1 Å². The van der Waals surface area contributed by atoms with Crippen LogP contribution in [0.4, 0.5) is 11.4 Å². The van der Waals surface area contributed by atoms with Crippen LogP contribution in [0.15, 0.2) is 123 Å². The van der Waals surface area contributed by atoms with Gasteiger partial charge in [0.1, 0.15) is 5.03 Å². The molecule has 0 fully saturated rings. The molecule has 214 valence electrons. The number of thiazole rings is 1. The molecule has 0 amide bonds. The van der Waals surface area contributed by atoms with E-state index < -0.39 is 0 Å². The van der Waals surface area contributed by atoms with E-state index in [-0.39, 0.29) is 16.4 Å². The summed E-state index contributed by atoms with van der Waals surface area (Å²) in [6.45, 7) is 0. The van der Waals surface area contributed by atoms with Crippen molar-refractivity contribution in [2.45, 2.75) is 20.7 Å². The summed E-state index contributed by atoms with van der Waals surface area (Å²) in [4.78, 5) is 38.5. The van der Waals surface area contributed by atoms with E-state index in [0.717, 1.165) is 26.5 Å². The molecule has 0 unspecified atom stereocenters. The number of nitrogens with zero attached hydrogens (tertiary/aromatic N) is 4. The van der Waals surface area contributed by atoms with Gasteiger partial charge in [0.25, 0.3) is 5.69 Å². The average Bonchev–Trinajstić information content (AvgIpc) is 3.63. The van der Waals surface area contributed by atoms with Crippen molar-refractivity contribution in [1.82, 2.24) is 9.97 Å². The molecule has 0 aliphatic heterocycles. The van der Waals surface area contributed by atoms with Crippen LogP contribution in [-0.2, 0) is 6.42 Å². The molecule has 7 nitrogen and oxygen atoms in total. The van der Waals surface area contributed by atoms with Gasteiger partial charge in [-0.25, -0.2) is 9.97 Å². The van der Waals surface area contributed by atoms with Gasteiger partial charge in [0.2, 0.25) is 0 Å². The number of nitro benzene ring substituents is 1. The van der Waals surface area contributed by atoms with Gasteiger partial charge < -0.3 is 0 Å². The van der Waals surface area contributed by atoms with E-state index in [4.69, 9.17) is 4.98 Å². The van der Waals surface area contributed by atoms with E-state index in [1.54, 1.807) is 30.6 Å². The Morgan fingerprint density at radius 2 is 1.82 bits per heavy atom. The first-order valence-electron chi connectivity index (χ1n) is 13.7. The van der Waals surface area contributed by atoms with Crippen molar-refractivity contribution in [1.29, 1.82) is 0 Å². The van der Waals surface area contributed by atoms with E-state index in [2.05, 4.69) is 34.2 Å². The normalized spacial score (nSPS) is 12.0. The largest absolute Gasteiger partial charge is 0.293 e. The second-order valence-electron chi connectivity index (χ2n) is 10.1. The van der Waals surface area contributed by atoms with Crippen molar-refractivity contribution >= 4 is 68.4 Å². The molecule has 4 aromatic carbocycles. The zero-order chi connectivity index (χ0) is 30.0. The molecule has 2 heterocycles. The third-order valence-electron chi connectivity index (χ3n) is 7.19. The summed E-state index contributed by atoms with van der Waals surface area (Å²) in [7, 11) is 0. The number of carbonyl (C=O) groups is 1. The number of hydrogen-bond donors (Lipinski definition) is 0. The molecule has 44 heavy (non-hydrogen) atoms. The number of rotatable bonds is 9. The number of aromatic nitrogens is 2. The Balaban J connectivity index is 1.03. The van der Waals surface area contributed by atoms with Crippen LogP contribution < -0.4 is 0 Å². The van der Waals surface area contributed by atoms with Crippen LogP contribution >= 0.6 is 34.9 Å². The van der Waals surface area contributed by atoms with Crippen LogP contribution in [0.1, 0.15) is 27.0 Å². The Bertz CT molecular complexity index is 2090. The number of nitro groups is 1. The molecule has 1 aliphatic carbocycles. The van der Waals surface area contributed by atoms with Gasteiger partial charge in [-0.05, 0) is 76.7 Å². The lowest BCUT2D eigenvalue weighted by Gasteiger charge is -2.05. The summed E-state index contributed by atoms with van der Waals surface area (Å²) in [6, 6.07) is 30.6. The lowest BCUT2D eigenvalue weighted by Crippen LogP contribution is -2.02. The minimum absolute atomic E-state index is 0.00318. The SMILES string of the molecule is O=C(CSc1nc2ccc(N=Cc3ccc(Sc4ccccn4)c([N+](=O)[O-])c3)cc2s1)c1ccc2c(c1)-c1ccccc1C2. The summed E-state index contributed by atoms with van der Waals surface area (Å²) in [5.41, 5.74) is 7.81. The fraction of sp³-hybridized carbons (Fsp3) is 0.0588. The summed E-state index contributed by atoms with van der Waals surface area (Å²) < 4.78 is 1.77. The minimum Gasteiger partial charge on any atom is -0.293 e. The van der Waals surface area contributed by atoms with E-state index >= 15 is 0 Å². The number of thioether (sulfide) groups is 1. The van der Waals surface area contributed by atoms with E-state index in [1.807, 2.05) is 48.5 Å². The van der Waals surface area contributed by atoms with Gasteiger partial charge in [-0.3, -0.25) is 19.9 Å². The van der Waals surface area contributed by atoms with Gasteiger partial charge in [-0.2, -0.15) is 0 Å². The number of aliphatic imine (C=N–C) groups is 1. The molecule has 1 aliphatic rings. The molecule has 0 bridgehead atoms. The van der Waals surface area contributed by atoms with Crippen LogP contribution in [-0.4, -0.2) is 32.6 Å². The number of hydrogen-bond acceptors (Lipinski definition) is 9. The van der Waals surface area contributed by atoms with Crippen LogP contribution in [0, 0.1) is 10.1 Å². The molecule has 0 saturated carbocycles. The predicted molar refractivity (Wildman–Crippen MR) is 178 cm³/mol. The number of Topliss-reactive ketones (excluding diaryl/α,β-unsaturated/α-hetero) is 1. The second-order valence-corrected chi connectivity index (χ2v) is 13.4. The Kier molecular flexibility index (Phi) is 7.78. The van der Waals surface area contributed by atoms with Gasteiger partial charge in [0.05, 0.1) is 31.5 Å². The molecule has 0 N–H and O–H groups in total. The van der Waals surface area contributed by atoms with Crippen molar-refractivity contribution < 1.29 is 9.72 Å². The fourth-order valence-corrected chi connectivity index (χ4v) is 7.91. The Labute approximate surface area is 265 Å². The molecular weight excluding hydrogens is 609 g/mol. The standard InChI is InChI=1S/C34H22N4O3S3/c39-30(24-10-9-23-16-22-5-1-2-6-26(22)27(23)17-24)20-42-34-37-28-12-11-25(18-32(28)44-34)36-19-21-8-13-31(29(15-21)38(40)41)43-33-7-3-4-14-35-33/h1-15,17-19H,16,20H2. The average molecular weight is 631 g/mol. The summed E-state index contributed by atoms with van der Waals surface area (Å²) >= 11 is 4.21. The number of fused-ring (bicyclic) bond motifs is 4. The summed E-state index contributed by atoms with van der Waals surface area (Å²) in [5.74, 6) is 0.379. The molecule has 6 aromatic rings. The lowest BCUT2D eigenvalue weighted by atomic mass is 10.0. The first-order valence-corrected chi connectivity index (χ1v) is 16.3. The highest BCUT2D eigenvalue weighted by molar-refractivity contribution is 8.01. The zero-order valence-corrected chi connectivity index (χ0v) is 25.5. The predicted octanol–water partition coefficient (Wildman–Crippen LogP) is 9.05. The van der Waals surface area contributed by atoms with Gasteiger partial charge >= 0.3 is 0 Å².